The molecule has 2 aliphatic heterocycles. The zero-order valence-electron chi connectivity index (χ0n) is 41.6. The lowest BCUT2D eigenvalue weighted by molar-refractivity contribution is -0.164. The van der Waals surface area contributed by atoms with Crippen molar-refractivity contribution in [2.24, 2.45) is 0 Å². The van der Waals surface area contributed by atoms with E-state index in [-0.39, 0.29) is 72.8 Å². The maximum atomic E-state index is 13.5. The fraction of sp³-hybridized carbons (Fsp3) is 0.423. The number of hydrogen-bond acceptors (Lipinski definition) is 12. The summed E-state index contributed by atoms with van der Waals surface area (Å²) < 4.78 is 105. The van der Waals surface area contributed by atoms with Gasteiger partial charge in [0.1, 0.15) is 16.3 Å². The van der Waals surface area contributed by atoms with E-state index < -0.39 is 58.8 Å². The molecule has 4 heterocycles. The first-order valence-corrected chi connectivity index (χ1v) is 26.6. The average Bonchev–Trinajstić information content (AvgIpc) is 4.25. The normalized spacial score (nSPS) is 15.3. The number of esters is 2. The molecule has 8 rings (SSSR count). The Morgan fingerprint density at radius 3 is 1.49 bits per heavy atom. The summed E-state index contributed by atoms with van der Waals surface area (Å²) in [5.74, 6) is -2.09. The molecule has 4 atom stereocenters. The van der Waals surface area contributed by atoms with Crippen LogP contribution in [0.4, 0.5) is 26.3 Å². The molecule has 0 bridgehead atoms. The van der Waals surface area contributed by atoms with Gasteiger partial charge in [-0.25, -0.2) is 4.79 Å². The van der Waals surface area contributed by atoms with Crippen molar-refractivity contribution in [2.75, 3.05) is 26.2 Å². The number of aromatic nitrogens is 2. The van der Waals surface area contributed by atoms with E-state index in [9.17, 15) is 50.6 Å². The van der Waals surface area contributed by atoms with Gasteiger partial charge in [0, 0.05) is 52.9 Å². The molecule has 0 saturated carbocycles. The molecule has 2 aliphatic rings. The van der Waals surface area contributed by atoms with Gasteiger partial charge < -0.3 is 38.2 Å². The molecule has 2 amide bonds. The predicted octanol–water partition coefficient (Wildman–Crippen LogP) is 14.3. The van der Waals surface area contributed by atoms with E-state index in [1.165, 1.54) is 6.92 Å². The highest BCUT2D eigenvalue weighted by atomic mass is 79.9. The number of rotatable bonds is 14. The lowest BCUT2D eigenvalue weighted by Gasteiger charge is -2.24. The summed E-state index contributed by atoms with van der Waals surface area (Å²) in [4.78, 5) is 53.0. The summed E-state index contributed by atoms with van der Waals surface area (Å²) in [6.07, 6.45) is -7.12. The van der Waals surface area contributed by atoms with E-state index in [2.05, 4.69) is 26.2 Å². The van der Waals surface area contributed by atoms with Crippen molar-refractivity contribution in [3.05, 3.63) is 114 Å². The van der Waals surface area contributed by atoms with Crippen LogP contribution >= 0.6 is 62.3 Å². The monoisotopic (exact) mass is 1220 g/mol. The van der Waals surface area contributed by atoms with Gasteiger partial charge in [-0.05, 0) is 94.3 Å². The summed E-state index contributed by atoms with van der Waals surface area (Å²) >= 11 is 27.3. The SMILES string of the molecule is CCCc1c(O)c(Cl)cc2c(C(F)(F)F)noc12.CCCc1c(OC(C(=O)O[C@H](C)C(=O)N2CCCC2)c2ccc(Cl)cc2)c(Cl)cc2c(C(F)(F)F)noc12.C[C@@H](OC(=O)C(Br)c1ccc(Cl)cc1)C(=O)N1CCCC1. The van der Waals surface area contributed by atoms with Crippen molar-refractivity contribution in [2.45, 2.75) is 115 Å². The van der Waals surface area contributed by atoms with Gasteiger partial charge in [0.15, 0.2) is 34.8 Å². The van der Waals surface area contributed by atoms with Crippen LogP contribution in [0.25, 0.3) is 21.9 Å². The molecule has 2 aromatic heterocycles. The van der Waals surface area contributed by atoms with Crippen LogP contribution in [0.1, 0.15) is 111 Å². The third-order valence-corrected chi connectivity index (χ3v) is 14.2. The number of phenols is 1. The number of hydrogen-bond donors (Lipinski definition) is 1. The molecule has 4 aromatic carbocycles. The number of aryl methyl sites for hydroxylation is 2. The van der Waals surface area contributed by atoms with Crippen molar-refractivity contribution in [1.82, 2.24) is 20.1 Å². The molecule has 0 aliphatic carbocycles. The number of amides is 2. The smallest absolute Gasteiger partial charge is 0.437 e. The molecule has 2 unspecified atom stereocenters. The molecular weight excluding hydrogens is 1180 g/mol. The van der Waals surface area contributed by atoms with E-state index >= 15 is 0 Å². The highest BCUT2D eigenvalue weighted by Gasteiger charge is 2.40. The number of alkyl halides is 7. The number of phenolic OH excluding ortho intramolecular Hbond substituents is 1. The summed E-state index contributed by atoms with van der Waals surface area (Å²) in [7, 11) is 0. The van der Waals surface area contributed by atoms with Crippen LogP contribution in [0.3, 0.4) is 0 Å². The number of nitrogens with zero attached hydrogens (tertiary/aromatic N) is 4. The first kappa shape index (κ1) is 60.7. The number of carbonyl (C=O) groups excluding carboxylic acids is 4. The Morgan fingerprint density at radius 1 is 0.649 bits per heavy atom. The minimum Gasteiger partial charge on any atom is -0.506 e. The number of aromatic hydroxyl groups is 1. The summed E-state index contributed by atoms with van der Waals surface area (Å²) in [6, 6.07) is 15.2. The second-order valence-corrected chi connectivity index (χ2v) is 20.5. The lowest BCUT2D eigenvalue weighted by atomic mass is 10.0. The molecule has 2 fully saturated rings. The molecule has 77 heavy (non-hydrogen) atoms. The van der Waals surface area contributed by atoms with E-state index in [0.717, 1.165) is 56.5 Å². The fourth-order valence-electron chi connectivity index (χ4n) is 8.41. The minimum atomic E-state index is -4.76. The molecule has 416 valence electrons. The second-order valence-electron chi connectivity index (χ2n) is 17.8. The van der Waals surface area contributed by atoms with Gasteiger partial charge in [-0.3, -0.25) is 14.4 Å². The predicted molar refractivity (Wildman–Crippen MR) is 278 cm³/mol. The Hall–Kier alpha value is -5.48. The van der Waals surface area contributed by atoms with Crippen molar-refractivity contribution in [3.63, 3.8) is 0 Å². The van der Waals surface area contributed by atoms with E-state index in [1.54, 1.807) is 65.3 Å². The van der Waals surface area contributed by atoms with Gasteiger partial charge in [0.2, 0.25) is 6.10 Å². The highest BCUT2D eigenvalue weighted by molar-refractivity contribution is 9.09. The standard InChI is InChI=1S/C26H25Cl2F3N2O5.C15H17BrClNO3.C11H9ClF3NO2/c1-3-6-17-21-18(23(32-38-21)26(29,30)31)13-19(28)22(17)37-20(15-7-9-16(27)10-8-15)25(35)36-14(2)24(34)33-11-4-5-12-33;1-10(14(19)18-8-2-3-9-18)21-15(20)13(16)11-4-6-12(17)7-5-11;1-2-3-5-8(17)7(12)4-6-9(5)18-16-10(6)11(13,14)15/h7-10,13-14,20H,3-6,11-12H2,1-2H3;4-7,10,13H,2-3,8-9H2,1H3;4,17H,2-3H2,1H3/t14-,20?;10-,13?;/m11./s1. The zero-order chi connectivity index (χ0) is 56.5. The molecule has 1 N–H and O–H groups in total. The number of carbonyl (C=O) groups is 4. The van der Waals surface area contributed by atoms with Crippen LogP contribution < -0.4 is 4.74 Å². The van der Waals surface area contributed by atoms with Crippen molar-refractivity contribution in [3.8, 4) is 11.5 Å². The van der Waals surface area contributed by atoms with Gasteiger partial charge >= 0.3 is 24.3 Å². The number of halogens is 11. The van der Waals surface area contributed by atoms with E-state index in [0.29, 0.717) is 48.0 Å². The third kappa shape index (κ3) is 15.0. The number of likely N-dealkylation sites (tertiary alicyclic amines) is 2. The van der Waals surface area contributed by atoms with Crippen LogP contribution in [-0.4, -0.2) is 87.4 Å². The quantitative estimate of drug-likeness (QED) is 0.0622. The van der Waals surface area contributed by atoms with Gasteiger partial charge in [-0.1, -0.05) is 124 Å². The number of ether oxygens (including phenoxy) is 3. The third-order valence-electron chi connectivity index (χ3n) is 12.2. The topological polar surface area (TPSA) is 175 Å². The number of benzene rings is 4. The van der Waals surface area contributed by atoms with Gasteiger partial charge in [0.05, 0.1) is 20.8 Å². The average molecular weight is 1230 g/mol. The minimum absolute atomic E-state index is 0.0405. The fourth-order valence-corrected chi connectivity index (χ4v) is 9.57. The van der Waals surface area contributed by atoms with Crippen LogP contribution in [0.15, 0.2) is 69.7 Å². The Balaban J connectivity index is 0.000000207. The zero-order valence-corrected chi connectivity index (χ0v) is 46.2. The van der Waals surface area contributed by atoms with Crippen LogP contribution in [0, 0.1) is 0 Å². The van der Waals surface area contributed by atoms with E-state index in [4.69, 9.17) is 69.7 Å². The van der Waals surface area contributed by atoms with Crippen molar-refractivity contribution >= 4 is 108 Å². The molecule has 0 radical (unpaired) electrons. The van der Waals surface area contributed by atoms with E-state index in [1.807, 2.05) is 13.8 Å². The largest absolute Gasteiger partial charge is 0.506 e. The number of fused-ring (bicyclic) bond motifs is 2. The van der Waals surface area contributed by atoms with Crippen molar-refractivity contribution < 1.29 is 73.9 Å². The Labute approximate surface area is 466 Å². The first-order chi connectivity index (χ1) is 36.4. The highest BCUT2D eigenvalue weighted by Crippen LogP contribution is 2.44. The Kier molecular flexibility index (Phi) is 20.9. The van der Waals surface area contributed by atoms with Crippen LogP contribution in [0.2, 0.25) is 20.1 Å². The Bertz CT molecular complexity index is 3040. The maximum absolute atomic E-state index is 13.5. The molecular formula is C52H51BrCl4F6N4O10. The lowest BCUT2D eigenvalue weighted by Crippen LogP contribution is -2.39. The molecule has 25 heteroatoms. The molecule has 6 aromatic rings. The van der Waals surface area contributed by atoms with Crippen molar-refractivity contribution in [1.29, 1.82) is 0 Å². The molecule has 0 spiro atoms. The van der Waals surface area contributed by atoms with Gasteiger partial charge in [0.25, 0.3) is 11.8 Å². The van der Waals surface area contributed by atoms with Gasteiger partial charge in [-0.2, -0.15) is 26.3 Å². The maximum Gasteiger partial charge on any atom is 0.437 e. The summed E-state index contributed by atoms with van der Waals surface area (Å²) in [5.41, 5.74) is -0.977. The summed E-state index contributed by atoms with van der Waals surface area (Å²) in [6.45, 7) is 9.40. The summed E-state index contributed by atoms with van der Waals surface area (Å²) in [5, 5.41) is 16.1. The van der Waals surface area contributed by atoms with Crippen LogP contribution in [0.5, 0.6) is 11.5 Å². The first-order valence-electron chi connectivity index (χ1n) is 24.2. The second kappa shape index (κ2) is 26.4. The van der Waals surface area contributed by atoms with Crippen LogP contribution in [-0.2, 0) is 53.8 Å². The Morgan fingerprint density at radius 2 is 1.05 bits per heavy atom. The molecule has 2 saturated heterocycles. The molecule has 14 nitrogen and oxygen atoms in total. The van der Waals surface area contributed by atoms with Gasteiger partial charge in [-0.15, -0.1) is 0 Å².